The van der Waals surface area contributed by atoms with E-state index in [4.69, 9.17) is 0 Å². The number of nitrogens with zero attached hydrogens (tertiary/aromatic N) is 1. The lowest BCUT2D eigenvalue weighted by Gasteiger charge is -2.06. The number of nitro groups is 1. The molecule has 0 aromatic heterocycles. The van der Waals surface area contributed by atoms with Crippen LogP contribution in [-0.2, 0) is 6.42 Å². The van der Waals surface area contributed by atoms with Crippen molar-refractivity contribution in [3.05, 3.63) is 39.9 Å². The van der Waals surface area contributed by atoms with Crippen molar-refractivity contribution in [2.24, 2.45) is 0 Å². The van der Waals surface area contributed by atoms with E-state index in [-0.39, 0.29) is 11.7 Å². The maximum Gasteiger partial charge on any atom is 0.315 e. The molecular formula is C14H19N3O3. The maximum atomic E-state index is 11.3. The van der Waals surface area contributed by atoms with Crippen molar-refractivity contribution in [3.8, 4) is 0 Å². The van der Waals surface area contributed by atoms with Gasteiger partial charge in [-0.1, -0.05) is 12.1 Å². The summed E-state index contributed by atoms with van der Waals surface area (Å²) in [6, 6.07) is 6.92. The molecule has 0 aliphatic heterocycles. The number of nitrogens with one attached hydrogen (secondary N) is 2. The van der Waals surface area contributed by atoms with Crippen LogP contribution in [0, 0.1) is 10.1 Å². The molecule has 2 amide bonds. The molecular weight excluding hydrogens is 258 g/mol. The van der Waals surface area contributed by atoms with E-state index in [0.717, 1.165) is 37.7 Å². The van der Waals surface area contributed by atoms with Gasteiger partial charge in [0.15, 0.2) is 0 Å². The number of unbranched alkanes of at least 4 members (excludes halogenated alkanes) is 1. The van der Waals surface area contributed by atoms with E-state index in [9.17, 15) is 14.9 Å². The predicted octanol–water partition coefficient (Wildman–Crippen LogP) is 2.38. The van der Waals surface area contributed by atoms with Gasteiger partial charge in [-0.25, -0.2) is 4.79 Å². The molecule has 6 heteroatoms. The third-order valence-corrected chi connectivity index (χ3v) is 3.24. The minimum absolute atomic E-state index is 0.0807. The van der Waals surface area contributed by atoms with Gasteiger partial charge in [-0.15, -0.1) is 0 Å². The highest BCUT2D eigenvalue weighted by molar-refractivity contribution is 5.74. The number of non-ortho nitro benzene ring substituents is 1. The zero-order valence-corrected chi connectivity index (χ0v) is 11.3. The number of carbonyl (C=O) groups excluding carboxylic acids is 1. The van der Waals surface area contributed by atoms with Gasteiger partial charge in [0.05, 0.1) is 4.92 Å². The number of carbonyl (C=O) groups is 1. The molecule has 1 aliphatic carbocycles. The van der Waals surface area contributed by atoms with Crippen LogP contribution in [-0.4, -0.2) is 23.5 Å². The number of urea groups is 1. The minimum atomic E-state index is -0.397. The van der Waals surface area contributed by atoms with Crippen LogP contribution in [0.2, 0.25) is 0 Å². The monoisotopic (exact) mass is 277 g/mol. The Hall–Kier alpha value is -2.11. The Morgan fingerprint density at radius 1 is 1.25 bits per heavy atom. The van der Waals surface area contributed by atoms with Crippen LogP contribution in [0.4, 0.5) is 10.5 Å². The average molecular weight is 277 g/mol. The van der Waals surface area contributed by atoms with E-state index < -0.39 is 4.92 Å². The molecule has 0 saturated heterocycles. The van der Waals surface area contributed by atoms with E-state index in [1.54, 1.807) is 12.1 Å². The van der Waals surface area contributed by atoms with Crippen molar-refractivity contribution in [1.29, 1.82) is 0 Å². The summed E-state index contributed by atoms with van der Waals surface area (Å²) in [5, 5.41) is 16.2. The summed E-state index contributed by atoms with van der Waals surface area (Å²) in [5.74, 6) is 0. The first-order valence-electron chi connectivity index (χ1n) is 6.93. The highest BCUT2D eigenvalue weighted by atomic mass is 16.6. The fourth-order valence-corrected chi connectivity index (χ4v) is 1.90. The summed E-state index contributed by atoms with van der Waals surface area (Å²) in [5.41, 5.74) is 1.20. The Balaban J connectivity index is 1.58. The standard InChI is InChI=1S/C14H19N3O3/c18-14(16-12-6-7-12)15-10-2-1-3-11-4-8-13(9-5-11)17(19)20/h4-5,8-9,12H,1-3,6-7,10H2,(H2,15,16,18). The van der Waals surface area contributed by atoms with E-state index in [1.165, 1.54) is 12.1 Å². The highest BCUT2D eigenvalue weighted by Crippen LogP contribution is 2.18. The number of amides is 2. The van der Waals surface area contributed by atoms with Crippen molar-refractivity contribution in [3.63, 3.8) is 0 Å². The summed E-state index contributed by atoms with van der Waals surface area (Å²) in [6.45, 7) is 0.658. The summed E-state index contributed by atoms with van der Waals surface area (Å²) < 4.78 is 0. The molecule has 0 bridgehead atoms. The van der Waals surface area contributed by atoms with Crippen molar-refractivity contribution in [1.82, 2.24) is 10.6 Å². The molecule has 0 heterocycles. The van der Waals surface area contributed by atoms with Crippen molar-refractivity contribution in [2.75, 3.05) is 6.54 Å². The molecule has 1 aromatic carbocycles. The fourth-order valence-electron chi connectivity index (χ4n) is 1.90. The van der Waals surface area contributed by atoms with E-state index in [1.807, 2.05) is 0 Å². The molecule has 0 radical (unpaired) electrons. The number of aryl methyl sites for hydroxylation is 1. The van der Waals surface area contributed by atoms with Gasteiger partial charge in [0, 0.05) is 24.7 Å². The zero-order chi connectivity index (χ0) is 14.4. The van der Waals surface area contributed by atoms with Crippen LogP contribution in [0.3, 0.4) is 0 Å². The molecule has 6 nitrogen and oxygen atoms in total. The predicted molar refractivity (Wildman–Crippen MR) is 75.6 cm³/mol. The van der Waals surface area contributed by atoms with E-state index in [0.29, 0.717) is 12.6 Å². The van der Waals surface area contributed by atoms with Crippen LogP contribution >= 0.6 is 0 Å². The molecule has 0 atom stereocenters. The summed E-state index contributed by atoms with van der Waals surface area (Å²) >= 11 is 0. The van der Waals surface area contributed by atoms with Crippen LogP contribution < -0.4 is 10.6 Å². The first-order chi connectivity index (χ1) is 9.65. The Morgan fingerprint density at radius 2 is 1.95 bits per heavy atom. The van der Waals surface area contributed by atoms with Gasteiger partial charge in [-0.05, 0) is 37.7 Å². The largest absolute Gasteiger partial charge is 0.338 e. The number of hydrogen-bond acceptors (Lipinski definition) is 3. The Bertz CT molecular complexity index is 469. The molecule has 1 fully saturated rings. The van der Waals surface area contributed by atoms with Crippen molar-refractivity contribution >= 4 is 11.7 Å². The van der Waals surface area contributed by atoms with Gasteiger partial charge in [0.2, 0.25) is 0 Å². The second-order valence-electron chi connectivity index (χ2n) is 5.06. The summed E-state index contributed by atoms with van der Waals surface area (Å²) in [6.07, 6.45) is 4.89. The lowest BCUT2D eigenvalue weighted by molar-refractivity contribution is -0.384. The number of nitro benzene ring substituents is 1. The van der Waals surface area contributed by atoms with Crippen LogP contribution in [0.5, 0.6) is 0 Å². The van der Waals surface area contributed by atoms with Gasteiger partial charge < -0.3 is 10.6 Å². The number of rotatable bonds is 7. The molecule has 108 valence electrons. The second kappa shape index (κ2) is 6.88. The Labute approximate surface area is 117 Å². The molecule has 20 heavy (non-hydrogen) atoms. The third-order valence-electron chi connectivity index (χ3n) is 3.24. The molecule has 0 spiro atoms. The molecule has 1 saturated carbocycles. The molecule has 2 rings (SSSR count). The minimum Gasteiger partial charge on any atom is -0.338 e. The first kappa shape index (κ1) is 14.3. The lowest BCUT2D eigenvalue weighted by Crippen LogP contribution is -2.37. The van der Waals surface area contributed by atoms with E-state index >= 15 is 0 Å². The molecule has 0 unspecified atom stereocenters. The Kier molecular flexibility index (Phi) is 4.92. The van der Waals surface area contributed by atoms with Crippen LogP contribution in [0.1, 0.15) is 31.2 Å². The second-order valence-corrected chi connectivity index (χ2v) is 5.06. The third kappa shape index (κ3) is 4.87. The van der Waals surface area contributed by atoms with Gasteiger partial charge >= 0.3 is 6.03 Å². The fraction of sp³-hybridized carbons (Fsp3) is 0.500. The smallest absolute Gasteiger partial charge is 0.315 e. The van der Waals surface area contributed by atoms with Gasteiger partial charge in [-0.2, -0.15) is 0 Å². The Morgan fingerprint density at radius 3 is 2.55 bits per heavy atom. The molecule has 1 aromatic rings. The summed E-state index contributed by atoms with van der Waals surface area (Å²) in [7, 11) is 0. The summed E-state index contributed by atoms with van der Waals surface area (Å²) in [4.78, 5) is 21.5. The average Bonchev–Trinajstić information content (AvgIpc) is 3.22. The number of benzene rings is 1. The first-order valence-corrected chi connectivity index (χ1v) is 6.93. The quantitative estimate of drug-likeness (QED) is 0.456. The topological polar surface area (TPSA) is 84.3 Å². The SMILES string of the molecule is O=C(NCCCCc1ccc([N+](=O)[O-])cc1)NC1CC1. The van der Waals surface area contributed by atoms with Gasteiger partial charge in [-0.3, -0.25) is 10.1 Å². The van der Waals surface area contributed by atoms with E-state index in [2.05, 4.69) is 10.6 Å². The molecule has 1 aliphatic rings. The molecule has 2 N–H and O–H groups in total. The van der Waals surface area contributed by atoms with Gasteiger partial charge in [0.25, 0.3) is 5.69 Å². The van der Waals surface area contributed by atoms with Crippen molar-refractivity contribution < 1.29 is 9.72 Å². The zero-order valence-electron chi connectivity index (χ0n) is 11.3. The van der Waals surface area contributed by atoms with Crippen molar-refractivity contribution in [2.45, 2.75) is 38.1 Å². The lowest BCUT2D eigenvalue weighted by atomic mass is 10.1. The van der Waals surface area contributed by atoms with Gasteiger partial charge in [0.1, 0.15) is 0 Å². The van der Waals surface area contributed by atoms with Crippen LogP contribution in [0.25, 0.3) is 0 Å². The normalized spacial score (nSPS) is 13.8. The maximum absolute atomic E-state index is 11.3. The number of hydrogen-bond donors (Lipinski definition) is 2. The van der Waals surface area contributed by atoms with Crippen LogP contribution in [0.15, 0.2) is 24.3 Å². The highest BCUT2D eigenvalue weighted by Gasteiger charge is 2.22.